The molecule has 0 aromatic carbocycles. The van der Waals surface area contributed by atoms with Crippen molar-refractivity contribution in [3.63, 3.8) is 0 Å². The van der Waals surface area contributed by atoms with Crippen molar-refractivity contribution < 1.29 is 10.0 Å². The van der Waals surface area contributed by atoms with E-state index in [0.29, 0.717) is 24.7 Å². The van der Waals surface area contributed by atoms with Crippen molar-refractivity contribution in [3.05, 3.63) is 0 Å². The number of hydrogen-bond donors (Lipinski definition) is 2. The van der Waals surface area contributed by atoms with Gasteiger partial charge in [0.15, 0.2) is 0 Å². The van der Waals surface area contributed by atoms with E-state index < -0.39 is 0 Å². The topological polar surface area (TPSA) is 75.7 Å². The highest BCUT2D eigenvalue weighted by Gasteiger charge is 2.57. The first-order chi connectivity index (χ1) is 6.39. The van der Waals surface area contributed by atoms with Gasteiger partial charge < -0.3 is 15.7 Å². The van der Waals surface area contributed by atoms with E-state index in [1.807, 2.05) is 0 Å². The van der Waals surface area contributed by atoms with E-state index in [0.717, 1.165) is 0 Å². The largest absolute Gasteiger partial charge is 0.409 e. The number of amidine groups is 1. The first-order valence-corrected chi connectivity index (χ1v) is 4.85. The smallest absolute Gasteiger partial charge is 0.139 e. The van der Waals surface area contributed by atoms with Gasteiger partial charge in [-0.05, 0) is 24.2 Å². The molecule has 1 rings (SSSR count). The summed E-state index contributed by atoms with van der Waals surface area (Å²) >= 11 is 0. The second kappa shape index (κ2) is 3.59. The minimum absolute atomic E-state index is 0.154. The van der Waals surface area contributed by atoms with Gasteiger partial charge in [0, 0.05) is 12.8 Å². The fraction of sp³-hybridized carbons (Fsp3) is 0.800. The molecule has 0 saturated heterocycles. The molecule has 1 aliphatic rings. The third-order valence-electron chi connectivity index (χ3n) is 3.35. The van der Waals surface area contributed by atoms with Gasteiger partial charge in [0.2, 0.25) is 0 Å². The maximum absolute atomic E-state index is 11.0. The van der Waals surface area contributed by atoms with E-state index in [1.54, 1.807) is 6.92 Å². The Balaban J connectivity index is 2.53. The quantitative estimate of drug-likeness (QED) is 0.310. The molecule has 2 atom stereocenters. The average molecular weight is 198 g/mol. The predicted octanol–water partition coefficient (Wildman–Crippen LogP) is 1.37. The Bertz CT molecular complexity index is 271. The molecule has 0 aromatic heterocycles. The van der Waals surface area contributed by atoms with Crippen LogP contribution in [0, 0.1) is 17.3 Å². The summed E-state index contributed by atoms with van der Waals surface area (Å²) in [5.74, 6) is 1.24. The fourth-order valence-electron chi connectivity index (χ4n) is 2.24. The van der Waals surface area contributed by atoms with Crippen molar-refractivity contribution in [2.24, 2.45) is 28.1 Å². The molecule has 4 heteroatoms. The number of nitrogens with two attached hydrogens (primary N) is 1. The molecule has 4 nitrogen and oxygen atoms in total. The molecule has 0 heterocycles. The van der Waals surface area contributed by atoms with Crippen LogP contribution in [0.5, 0.6) is 0 Å². The second-order valence-electron chi connectivity index (χ2n) is 4.74. The van der Waals surface area contributed by atoms with Crippen molar-refractivity contribution in [1.29, 1.82) is 0 Å². The monoisotopic (exact) mass is 198 g/mol. The lowest BCUT2D eigenvalue weighted by Crippen LogP contribution is -2.13. The highest BCUT2D eigenvalue weighted by atomic mass is 16.4. The number of Topliss-reactive ketones (excluding diaryl/α,β-unsaturated/α-hetero) is 1. The lowest BCUT2D eigenvalue weighted by Gasteiger charge is -2.00. The maximum atomic E-state index is 11.0. The molecule has 0 spiro atoms. The van der Waals surface area contributed by atoms with Crippen LogP contribution in [0.4, 0.5) is 0 Å². The Hall–Kier alpha value is -1.06. The molecule has 0 aliphatic heterocycles. The van der Waals surface area contributed by atoms with Gasteiger partial charge in [0.25, 0.3) is 0 Å². The maximum Gasteiger partial charge on any atom is 0.139 e. The van der Waals surface area contributed by atoms with E-state index in [1.165, 1.54) is 0 Å². The molecule has 0 unspecified atom stereocenters. The van der Waals surface area contributed by atoms with E-state index in [9.17, 15) is 4.79 Å². The summed E-state index contributed by atoms with van der Waals surface area (Å²) in [6.07, 6.45) is 1.19. The van der Waals surface area contributed by atoms with Crippen LogP contribution >= 0.6 is 0 Å². The van der Waals surface area contributed by atoms with Crippen molar-refractivity contribution in [3.8, 4) is 0 Å². The summed E-state index contributed by atoms with van der Waals surface area (Å²) in [7, 11) is 0. The molecule has 0 bridgehead atoms. The molecule has 1 saturated carbocycles. The van der Waals surface area contributed by atoms with Crippen LogP contribution in [-0.2, 0) is 4.79 Å². The lowest BCUT2D eigenvalue weighted by molar-refractivity contribution is -0.117. The Morgan fingerprint density at radius 2 is 1.93 bits per heavy atom. The number of nitrogens with zero attached hydrogens (tertiary/aromatic N) is 1. The van der Waals surface area contributed by atoms with Crippen LogP contribution in [0.25, 0.3) is 0 Å². The van der Waals surface area contributed by atoms with Crippen LogP contribution in [0.2, 0.25) is 0 Å². The number of ketones is 1. The Kier molecular flexibility index (Phi) is 2.83. The molecular weight excluding hydrogens is 180 g/mol. The van der Waals surface area contributed by atoms with Crippen molar-refractivity contribution >= 4 is 11.6 Å². The van der Waals surface area contributed by atoms with Gasteiger partial charge in [-0.1, -0.05) is 19.0 Å². The number of carbonyl (C=O) groups is 1. The van der Waals surface area contributed by atoms with E-state index in [4.69, 9.17) is 10.9 Å². The van der Waals surface area contributed by atoms with Crippen molar-refractivity contribution in [1.82, 2.24) is 0 Å². The minimum Gasteiger partial charge on any atom is -0.409 e. The predicted molar refractivity (Wildman–Crippen MR) is 54.1 cm³/mol. The summed E-state index contributed by atoms with van der Waals surface area (Å²) in [6, 6.07) is 0. The fourth-order valence-corrected chi connectivity index (χ4v) is 2.24. The number of rotatable bonds is 4. The molecule has 0 aromatic rings. The molecule has 14 heavy (non-hydrogen) atoms. The van der Waals surface area contributed by atoms with Gasteiger partial charge in [-0.3, -0.25) is 0 Å². The first-order valence-electron chi connectivity index (χ1n) is 4.85. The van der Waals surface area contributed by atoms with E-state index >= 15 is 0 Å². The SMILES string of the molecule is CC(=O)C[C@H]1[C@@H](C/C(N)=N/O)C1(C)C. The molecule has 1 fully saturated rings. The third-order valence-corrected chi connectivity index (χ3v) is 3.35. The number of hydrogen-bond acceptors (Lipinski definition) is 3. The Morgan fingerprint density at radius 3 is 2.36 bits per heavy atom. The van der Waals surface area contributed by atoms with Crippen molar-refractivity contribution in [2.45, 2.75) is 33.6 Å². The zero-order chi connectivity index (χ0) is 10.9. The van der Waals surface area contributed by atoms with Crippen LogP contribution in [0.3, 0.4) is 0 Å². The van der Waals surface area contributed by atoms with Crippen LogP contribution in [0.1, 0.15) is 33.6 Å². The molecule has 0 radical (unpaired) electrons. The molecule has 1 aliphatic carbocycles. The van der Waals surface area contributed by atoms with Crippen LogP contribution < -0.4 is 5.73 Å². The summed E-state index contributed by atoms with van der Waals surface area (Å²) in [5.41, 5.74) is 5.60. The minimum atomic E-state index is 0.154. The van der Waals surface area contributed by atoms with Gasteiger partial charge in [-0.15, -0.1) is 0 Å². The van der Waals surface area contributed by atoms with Crippen molar-refractivity contribution in [2.75, 3.05) is 0 Å². The summed E-state index contributed by atoms with van der Waals surface area (Å²) < 4.78 is 0. The number of carbonyl (C=O) groups excluding carboxylic acids is 1. The molecule has 3 N–H and O–H groups in total. The standard InChI is InChI=1S/C10H18N2O2/c1-6(13)4-7-8(10(7,2)3)5-9(11)12-14/h7-8,14H,4-5H2,1-3H3,(H2,11,12)/t7-,8+/m0/s1. The number of oxime groups is 1. The van der Waals surface area contributed by atoms with Crippen LogP contribution in [-0.4, -0.2) is 16.8 Å². The second-order valence-corrected chi connectivity index (χ2v) is 4.74. The lowest BCUT2D eigenvalue weighted by atomic mass is 10.1. The highest BCUT2D eigenvalue weighted by molar-refractivity contribution is 5.81. The summed E-state index contributed by atoms with van der Waals surface area (Å²) in [5, 5.41) is 11.4. The molecule has 80 valence electrons. The summed E-state index contributed by atoms with van der Waals surface area (Å²) in [6.45, 7) is 5.85. The molecular formula is C10H18N2O2. The van der Waals surface area contributed by atoms with E-state index in [2.05, 4.69) is 19.0 Å². The van der Waals surface area contributed by atoms with Crippen LogP contribution in [0.15, 0.2) is 5.16 Å². The molecule has 0 amide bonds. The first kappa shape index (κ1) is 11.0. The Morgan fingerprint density at radius 1 is 1.43 bits per heavy atom. The van der Waals surface area contributed by atoms with E-state index in [-0.39, 0.29) is 17.0 Å². The third kappa shape index (κ3) is 2.05. The van der Waals surface area contributed by atoms with Gasteiger partial charge in [0.1, 0.15) is 11.6 Å². The zero-order valence-corrected chi connectivity index (χ0v) is 8.95. The highest BCUT2D eigenvalue weighted by Crippen LogP contribution is 2.61. The zero-order valence-electron chi connectivity index (χ0n) is 8.95. The van der Waals surface area contributed by atoms with Gasteiger partial charge in [-0.2, -0.15) is 0 Å². The van der Waals surface area contributed by atoms with Gasteiger partial charge in [-0.25, -0.2) is 0 Å². The van der Waals surface area contributed by atoms with Gasteiger partial charge >= 0.3 is 0 Å². The Labute approximate surface area is 84.2 Å². The van der Waals surface area contributed by atoms with Gasteiger partial charge in [0.05, 0.1) is 0 Å². The average Bonchev–Trinajstić information content (AvgIpc) is 2.55. The normalized spacial score (nSPS) is 30.1. The summed E-state index contributed by atoms with van der Waals surface area (Å²) in [4.78, 5) is 11.0.